The first-order valence-corrected chi connectivity index (χ1v) is 8.27. The number of aromatic nitrogens is 1. The van der Waals surface area contributed by atoms with Gasteiger partial charge in [-0.15, -0.1) is 0 Å². The fourth-order valence-electron chi connectivity index (χ4n) is 3.16. The van der Waals surface area contributed by atoms with E-state index in [0.29, 0.717) is 19.8 Å². The van der Waals surface area contributed by atoms with Gasteiger partial charge < -0.3 is 19.8 Å². The van der Waals surface area contributed by atoms with Crippen LogP contribution in [0.3, 0.4) is 0 Å². The largest absolute Gasteiger partial charge is 0.480 e. The van der Waals surface area contributed by atoms with Gasteiger partial charge in [0.1, 0.15) is 12.3 Å². The maximum atomic E-state index is 12.9. The van der Waals surface area contributed by atoms with E-state index in [4.69, 9.17) is 9.47 Å². The van der Waals surface area contributed by atoms with Gasteiger partial charge in [-0.2, -0.15) is 0 Å². The topological polar surface area (TPSA) is 72.8 Å². The van der Waals surface area contributed by atoms with Crippen LogP contribution < -0.4 is 15.6 Å². The van der Waals surface area contributed by atoms with Crippen molar-refractivity contribution in [3.63, 3.8) is 0 Å². The highest BCUT2D eigenvalue weighted by Gasteiger charge is 2.37. The first kappa shape index (κ1) is 15.7. The van der Waals surface area contributed by atoms with E-state index in [1.54, 1.807) is 15.8 Å². The Bertz CT molecular complexity index is 849. The van der Waals surface area contributed by atoms with Crippen LogP contribution in [0.1, 0.15) is 29.1 Å². The molecule has 3 heterocycles. The number of nitrogens with zero attached hydrogens (tertiary/aromatic N) is 2. The third kappa shape index (κ3) is 2.76. The standard InChI is InChI=1S/C18H19N3O4/c1-12(13-5-3-2-4-6-13)25-17-14(22)7-8-21-16(17)18(23)20-9-10-24-11-15(20)19-21/h2-8,12,15,19H,9-11H2,1H3. The molecule has 2 aliphatic heterocycles. The van der Waals surface area contributed by atoms with Crippen molar-refractivity contribution >= 4 is 5.91 Å². The van der Waals surface area contributed by atoms with E-state index < -0.39 is 0 Å². The fraction of sp³-hybridized carbons (Fsp3) is 0.333. The number of morpholine rings is 1. The lowest BCUT2D eigenvalue weighted by Gasteiger charge is -2.41. The molecule has 2 unspecified atom stereocenters. The summed E-state index contributed by atoms with van der Waals surface area (Å²) in [7, 11) is 0. The summed E-state index contributed by atoms with van der Waals surface area (Å²) in [5, 5.41) is 0. The van der Waals surface area contributed by atoms with Crippen LogP contribution in [0, 0.1) is 0 Å². The predicted octanol–water partition coefficient (Wildman–Crippen LogP) is 1.34. The maximum absolute atomic E-state index is 12.9. The minimum Gasteiger partial charge on any atom is -0.480 e. The molecule has 0 saturated carbocycles. The zero-order chi connectivity index (χ0) is 17.4. The Morgan fingerprint density at radius 2 is 2.04 bits per heavy atom. The van der Waals surface area contributed by atoms with E-state index in [1.165, 1.54) is 6.07 Å². The number of ether oxygens (including phenoxy) is 2. The molecule has 1 fully saturated rings. The third-order valence-electron chi connectivity index (χ3n) is 4.50. The van der Waals surface area contributed by atoms with Gasteiger partial charge in [-0.1, -0.05) is 30.3 Å². The van der Waals surface area contributed by atoms with Crippen LogP contribution in [0.4, 0.5) is 0 Å². The SMILES string of the molecule is CC(Oc1c2n(ccc1=O)NC1COCCN1C2=O)c1ccccc1. The van der Waals surface area contributed by atoms with Crippen molar-refractivity contribution in [2.24, 2.45) is 0 Å². The second-order valence-electron chi connectivity index (χ2n) is 6.12. The van der Waals surface area contributed by atoms with Crippen LogP contribution in [0.25, 0.3) is 0 Å². The van der Waals surface area contributed by atoms with Gasteiger partial charge in [0.25, 0.3) is 5.91 Å². The van der Waals surface area contributed by atoms with E-state index in [-0.39, 0.29) is 35.0 Å². The number of benzene rings is 1. The summed E-state index contributed by atoms with van der Waals surface area (Å²) >= 11 is 0. The molecule has 2 atom stereocenters. The monoisotopic (exact) mass is 341 g/mol. The Hall–Kier alpha value is -2.80. The van der Waals surface area contributed by atoms with Gasteiger partial charge in [-0.3, -0.25) is 14.3 Å². The summed E-state index contributed by atoms with van der Waals surface area (Å²) in [4.78, 5) is 27.0. The molecule has 1 N–H and O–H groups in total. The molecule has 1 aromatic carbocycles. The first-order valence-electron chi connectivity index (χ1n) is 8.27. The summed E-state index contributed by atoms with van der Waals surface area (Å²) in [6, 6.07) is 11.0. The maximum Gasteiger partial charge on any atom is 0.278 e. The number of carbonyl (C=O) groups excluding carboxylic acids is 1. The molecule has 2 aliphatic rings. The lowest BCUT2D eigenvalue weighted by Crippen LogP contribution is -2.59. The Balaban J connectivity index is 1.72. The van der Waals surface area contributed by atoms with Crippen molar-refractivity contribution in [2.75, 3.05) is 25.2 Å². The normalized spacial score (nSPS) is 20.3. The van der Waals surface area contributed by atoms with Gasteiger partial charge in [-0.05, 0) is 12.5 Å². The van der Waals surface area contributed by atoms with Crippen molar-refractivity contribution < 1.29 is 14.3 Å². The Kier molecular flexibility index (Phi) is 3.93. The number of hydrogen-bond acceptors (Lipinski definition) is 5. The molecule has 2 aromatic rings. The molecular formula is C18H19N3O4. The molecule has 0 spiro atoms. The highest BCUT2D eigenvalue weighted by molar-refractivity contribution is 5.96. The molecule has 0 aliphatic carbocycles. The van der Waals surface area contributed by atoms with Gasteiger partial charge in [0, 0.05) is 18.8 Å². The number of fused-ring (bicyclic) bond motifs is 2. The first-order chi connectivity index (χ1) is 12.1. The van der Waals surface area contributed by atoms with Crippen LogP contribution in [-0.4, -0.2) is 41.4 Å². The Labute approximate surface area is 144 Å². The van der Waals surface area contributed by atoms with Gasteiger partial charge in [0.05, 0.1) is 13.2 Å². The highest BCUT2D eigenvalue weighted by atomic mass is 16.5. The van der Waals surface area contributed by atoms with Gasteiger partial charge >= 0.3 is 0 Å². The average molecular weight is 341 g/mol. The van der Waals surface area contributed by atoms with E-state index >= 15 is 0 Å². The Morgan fingerprint density at radius 1 is 1.24 bits per heavy atom. The lowest BCUT2D eigenvalue weighted by molar-refractivity contribution is -0.00339. The summed E-state index contributed by atoms with van der Waals surface area (Å²) < 4.78 is 12.9. The molecule has 4 rings (SSSR count). The third-order valence-corrected chi connectivity index (χ3v) is 4.50. The quantitative estimate of drug-likeness (QED) is 0.912. The van der Waals surface area contributed by atoms with Crippen LogP contribution in [0.2, 0.25) is 0 Å². The van der Waals surface area contributed by atoms with Crippen molar-refractivity contribution in [1.82, 2.24) is 9.58 Å². The summed E-state index contributed by atoms with van der Waals surface area (Å²) in [5.74, 6) is -0.152. The zero-order valence-electron chi connectivity index (χ0n) is 13.8. The molecule has 25 heavy (non-hydrogen) atoms. The summed E-state index contributed by atoms with van der Waals surface area (Å²) in [6.45, 7) is 3.23. The number of carbonyl (C=O) groups is 1. The predicted molar refractivity (Wildman–Crippen MR) is 91.2 cm³/mol. The average Bonchev–Trinajstić information content (AvgIpc) is 2.65. The molecule has 0 bridgehead atoms. The number of nitrogens with one attached hydrogen (secondary N) is 1. The second kappa shape index (κ2) is 6.25. The summed E-state index contributed by atoms with van der Waals surface area (Å²) in [6.07, 6.45) is 0.966. The van der Waals surface area contributed by atoms with E-state index in [2.05, 4.69) is 5.43 Å². The molecule has 1 amide bonds. The molecule has 1 aromatic heterocycles. The lowest BCUT2D eigenvalue weighted by atomic mass is 10.1. The minimum absolute atomic E-state index is 0.0706. The number of rotatable bonds is 3. The van der Waals surface area contributed by atoms with Gasteiger partial charge in [0.2, 0.25) is 5.43 Å². The molecule has 0 radical (unpaired) electrons. The van der Waals surface area contributed by atoms with E-state index in [0.717, 1.165) is 5.56 Å². The van der Waals surface area contributed by atoms with Crippen molar-refractivity contribution in [3.8, 4) is 5.75 Å². The van der Waals surface area contributed by atoms with Crippen molar-refractivity contribution in [3.05, 3.63) is 64.1 Å². The fourth-order valence-corrected chi connectivity index (χ4v) is 3.16. The second-order valence-corrected chi connectivity index (χ2v) is 6.12. The number of pyridine rings is 1. The van der Waals surface area contributed by atoms with Crippen LogP contribution >= 0.6 is 0 Å². The van der Waals surface area contributed by atoms with Crippen LogP contribution in [-0.2, 0) is 4.74 Å². The van der Waals surface area contributed by atoms with Crippen LogP contribution in [0.15, 0.2) is 47.4 Å². The summed E-state index contributed by atoms with van der Waals surface area (Å²) in [5.41, 5.74) is 4.04. The molecule has 1 saturated heterocycles. The number of amides is 1. The van der Waals surface area contributed by atoms with Gasteiger partial charge in [0.15, 0.2) is 11.4 Å². The van der Waals surface area contributed by atoms with E-state index in [1.807, 2.05) is 37.3 Å². The smallest absolute Gasteiger partial charge is 0.278 e. The molecule has 7 heteroatoms. The minimum atomic E-state index is -0.351. The molecule has 7 nitrogen and oxygen atoms in total. The molecular weight excluding hydrogens is 322 g/mol. The Morgan fingerprint density at radius 3 is 2.84 bits per heavy atom. The zero-order valence-corrected chi connectivity index (χ0v) is 13.8. The highest BCUT2D eigenvalue weighted by Crippen LogP contribution is 2.26. The van der Waals surface area contributed by atoms with Crippen molar-refractivity contribution in [2.45, 2.75) is 19.2 Å². The number of hydrogen-bond donors (Lipinski definition) is 1. The molecule has 130 valence electrons. The van der Waals surface area contributed by atoms with Crippen molar-refractivity contribution in [1.29, 1.82) is 0 Å². The van der Waals surface area contributed by atoms with E-state index in [9.17, 15) is 9.59 Å². The van der Waals surface area contributed by atoms with Gasteiger partial charge in [-0.25, -0.2) is 0 Å². The van der Waals surface area contributed by atoms with Crippen LogP contribution in [0.5, 0.6) is 5.75 Å².